The highest BCUT2D eigenvalue weighted by Crippen LogP contribution is 2.40. The zero-order valence-corrected chi connectivity index (χ0v) is 7.93. The van der Waals surface area contributed by atoms with E-state index >= 15 is 0 Å². The summed E-state index contributed by atoms with van der Waals surface area (Å²) in [7, 11) is 0. The quantitative estimate of drug-likeness (QED) is 0.739. The Balaban J connectivity index is 2.63. The lowest BCUT2D eigenvalue weighted by Crippen LogP contribution is -2.41. The van der Waals surface area contributed by atoms with Gasteiger partial charge < -0.3 is 10.5 Å². The van der Waals surface area contributed by atoms with Crippen molar-refractivity contribution in [3.05, 3.63) is 0 Å². The minimum Gasteiger partial charge on any atom is -0.381 e. The summed E-state index contributed by atoms with van der Waals surface area (Å²) in [6.07, 6.45) is -0.925. The lowest BCUT2D eigenvalue weighted by Gasteiger charge is -2.39. The standard InChI is InChI=1S/C9H17F2NO/c1-9(2-4-13-5-3-9)7(6-12)8(10)11/h7-8H,2-6,12H2,1H3. The van der Waals surface area contributed by atoms with Crippen LogP contribution >= 0.6 is 0 Å². The lowest BCUT2D eigenvalue weighted by molar-refractivity contribution is -0.0584. The van der Waals surface area contributed by atoms with Gasteiger partial charge >= 0.3 is 0 Å². The zero-order valence-electron chi connectivity index (χ0n) is 7.93. The highest BCUT2D eigenvalue weighted by molar-refractivity contribution is 4.86. The molecule has 0 aromatic rings. The van der Waals surface area contributed by atoms with Crippen molar-refractivity contribution < 1.29 is 13.5 Å². The van der Waals surface area contributed by atoms with Gasteiger partial charge in [0.15, 0.2) is 0 Å². The molecule has 0 saturated carbocycles. The summed E-state index contributed by atoms with van der Waals surface area (Å²) in [6, 6.07) is 0. The summed E-state index contributed by atoms with van der Waals surface area (Å²) in [6.45, 7) is 3.12. The molecule has 13 heavy (non-hydrogen) atoms. The molecule has 0 aromatic heterocycles. The van der Waals surface area contributed by atoms with Gasteiger partial charge in [-0.05, 0) is 18.3 Å². The van der Waals surface area contributed by atoms with Crippen molar-refractivity contribution in [1.29, 1.82) is 0 Å². The van der Waals surface area contributed by atoms with E-state index in [0.717, 1.165) is 0 Å². The Labute approximate surface area is 77.4 Å². The summed E-state index contributed by atoms with van der Waals surface area (Å²) in [5.41, 5.74) is 5.04. The second-order valence-corrected chi connectivity index (χ2v) is 3.94. The van der Waals surface area contributed by atoms with Gasteiger partial charge in [-0.1, -0.05) is 6.92 Å². The van der Waals surface area contributed by atoms with Crippen LogP contribution in [0.1, 0.15) is 19.8 Å². The van der Waals surface area contributed by atoms with E-state index in [1.807, 2.05) is 6.92 Å². The molecular formula is C9H17F2NO. The first-order chi connectivity index (χ1) is 6.10. The van der Waals surface area contributed by atoms with Crippen molar-refractivity contribution in [2.75, 3.05) is 19.8 Å². The number of nitrogens with two attached hydrogens (primary N) is 1. The van der Waals surface area contributed by atoms with Crippen LogP contribution in [0.25, 0.3) is 0 Å². The zero-order chi connectivity index (χ0) is 9.90. The fourth-order valence-electron chi connectivity index (χ4n) is 1.90. The largest absolute Gasteiger partial charge is 0.381 e. The smallest absolute Gasteiger partial charge is 0.243 e. The topological polar surface area (TPSA) is 35.2 Å². The second kappa shape index (κ2) is 4.33. The van der Waals surface area contributed by atoms with Gasteiger partial charge in [0.25, 0.3) is 0 Å². The Morgan fingerprint density at radius 2 is 1.92 bits per heavy atom. The fraction of sp³-hybridized carbons (Fsp3) is 1.00. The van der Waals surface area contributed by atoms with Crippen LogP contribution in [0, 0.1) is 11.3 Å². The lowest BCUT2D eigenvalue weighted by atomic mass is 9.71. The molecule has 1 aliphatic rings. The molecule has 0 aromatic carbocycles. The molecule has 0 aliphatic carbocycles. The highest BCUT2D eigenvalue weighted by Gasteiger charge is 2.40. The third-order valence-electron chi connectivity index (χ3n) is 3.09. The Hall–Kier alpha value is -0.220. The van der Waals surface area contributed by atoms with E-state index < -0.39 is 12.3 Å². The van der Waals surface area contributed by atoms with Crippen LogP contribution in [-0.2, 0) is 4.74 Å². The number of hydrogen-bond acceptors (Lipinski definition) is 2. The SMILES string of the molecule is CC1(C(CN)C(F)F)CCOCC1. The maximum Gasteiger partial charge on any atom is 0.243 e. The predicted molar refractivity (Wildman–Crippen MR) is 46.7 cm³/mol. The van der Waals surface area contributed by atoms with Crippen molar-refractivity contribution in [2.45, 2.75) is 26.2 Å². The van der Waals surface area contributed by atoms with Gasteiger partial charge in [0, 0.05) is 25.7 Å². The normalized spacial score (nSPS) is 24.7. The monoisotopic (exact) mass is 193 g/mol. The molecule has 1 fully saturated rings. The van der Waals surface area contributed by atoms with E-state index in [-0.39, 0.29) is 12.0 Å². The van der Waals surface area contributed by atoms with E-state index in [1.165, 1.54) is 0 Å². The average Bonchev–Trinajstić information content (AvgIpc) is 2.05. The van der Waals surface area contributed by atoms with Gasteiger partial charge in [-0.25, -0.2) is 8.78 Å². The first-order valence-corrected chi connectivity index (χ1v) is 4.66. The van der Waals surface area contributed by atoms with Crippen molar-refractivity contribution in [2.24, 2.45) is 17.1 Å². The third kappa shape index (κ3) is 2.38. The summed E-state index contributed by atoms with van der Waals surface area (Å²) in [5, 5.41) is 0. The average molecular weight is 193 g/mol. The Kier molecular flexibility index (Phi) is 3.62. The van der Waals surface area contributed by atoms with E-state index in [2.05, 4.69) is 0 Å². The Morgan fingerprint density at radius 1 is 1.38 bits per heavy atom. The van der Waals surface area contributed by atoms with Crippen molar-refractivity contribution in [1.82, 2.24) is 0 Å². The van der Waals surface area contributed by atoms with Gasteiger partial charge in [0.2, 0.25) is 6.43 Å². The molecule has 0 spiro atoms. The molecule has 0 radical (unpaired) electrons. The van der Waals surface area contributed by atoms with Crippen LogP contribution < -0.4 is 5.73 Å². The van der Waals surface area contributed by atoms with Crippen LogP contribution in [0.5, 0.6) is 0 Å². The van der Waals surface area contributed by atoms with E-state index in [9.17, 15) is 8.78 Å². The number of rotatable bonds is 3. The third-order valence-corrected chi connectivity index (χ3v) is 3.09. The molecule has 78 valence electrons. The first kappa shape index (κ1) is 10.9. The summed E-state index contributed by atoms with van der Waals surface area (Å²) >= 11 is 0. The predicted octanol–water partition coefficient (Wildman–Crippen LogP) is 1.64. The minimum absolute atomic E-state index is 0.0637. The summed E-state index contributed by atoms with van der Waals surface area (Å²) < 4.78 is 30.4. The van der Waals surface area contributed by atoms with Gasteiger partial charge in [0.05, 0.1) is 0 Å². The molecule has 0 bridgehead atoms. The van der Waals surface area contributed by atoms with E-state index in [4.69, 9.17) is 10.5 Å². The molecule has 2 nitrogen and oxygen atoms in total. The van der Waals surface area contributed by atoms with Gasteiger partial charge in [-0.3, -0.25) is 0 Å². The van der Waals surface area contributed by atoms with Crippen molar-refractivity contribution in [3.8, 4) is 0 Å². The van der Waals surface area contributed by atoms with Gasteiger partial charge in [0.1, 0.15) is 0 Å². The van der Waals surface area contributed by atoms with Crippen LogP contribution in [0.15, 0.2) is 0 Å². The molecule has 4 heteroatoms. The van der Waals surface area contributed by atoms with Crippen LogP contribution in [0.3, 0.4) is 0 Å². The summed E-state index contributed by atoms with van der Waals surface area (Å²) in [5.74, 6) is -0.684. The Morgan fingerprint density at radius 3 is 2.31 bits per heavy atom. The number of halogens is 2. The fourth-order valence-corrected chi connectivity index (χ4v) is 1.90. The van der Waals surface area contributed by atoms with Gasteiger partial charge in [-0.2, -0.15) is 0 Å². The van der Waals surface area contributed by atoms with Crippen molar-refractivity contribution >= 4 is 0 Å². The molecule has 1 atom stereocenters. The van der Waals surface area contributed by atoms with Crippen LogP contribution in [0.2, 0.25) is 0 Å². The summed E-state index contributed by atoms with van der Waals surface area (Å²) in [4.78, 5) is 0. The molecule has 2 N–H and O–H groups in total. The number of alkyl halides is 2. The number of hydrogen-bond donors (Lipinski definition) is 1. The molecule has 0 amide bonds. The number of ether oxygens (including phenoxy) is 1. The molecule has 1 aliphatic heterocycles. The Bertz CT molecular complexity index is 158. The molecular weight excluding hydrogens is 176 g/mol. The highest BCUT2D eigenvalue weighted by atomic mass is 19.3. The van der Waals surface area contributed by atoms with E-state index in [0.29, 0.717) is 26.1 Å². The maximum atomic E-state index is 12.6. The molecule has 1 heterocycles. The minimum atomic E-state index is -2.31. The second-order valence-electron chi connectivity index (χ2n) is 3.94. The maximum absolute atomic E-state index is 12.6. The van der Waals surface area contributed by atoms with Gasteiger partial charge in [-0.15, -0.1) is 0 Å². The molecule has 1 unspecified atom stereocenters. The molecule has 1 saturated heterocycles. The molecule has 1 rings (SSSR count). The first-order valence-electron chi connectivity index (χ1n) is 4.66. The van der Waals surface area contributed by atoms with Crippen LogP contribution in [0.4, 0.5) is 8.78 Å². The van der Waals surface area contributed by atoms with Crippen LogP contribution in [-0.4, -0.2) is 26.2 Å². The van der Waals surface area contributed by atoms with E-state index in [1.54, 1.807) is 0 Å². The van der Waals surface area contributed by atoms with Crippen molar-refractivity contribution in [3.63, 3.8) is 0 Å².